The molecule has 2 aromatic rings. The highest BCUT2D eigenvalue weighted by Crippen LogP contribution is 2.29. The summed E-state index contributed by atoms with van der Waals surface area (Å²) in [6.45, 7) is 1.95. The summed E-state index contributed by atoms with van der Waals surface area (Å²) in [5.41, 5.74) is 1.40. The molecule has 0 atom stereocenters. The number of anilines is 2. The van der Waals surface area contributed by atoms with E-state index in [-0.39, 0.29) is 5.82 Å². The molecule has 18 heavy (non-hydrogen) atoms. The minimum atomic E-state index is -0.320. The molecule has 0 fully saturated rings. The minimum Gasteiger partial charge on any atom is -0.339 e. The fourth-order valence-corrected chi connectivity index (χ4v) is 2.15. The van der Waals surface area contributed by atoms with Crippen molar-refractivity contribution in [3.63, 3.8) is 0 Å². The Hall–Kier alpha value is -1.20. The fraction of sp³-hybridized carbons (Fsp3) is 0.167. The Morgan fingerprint density at radius 2 is 2.17 bits per heavy atom. The predicted octanol–water partition coefficient (Wildman–Crippen LogP) is 4.34. The molecule has 1 aromatic heterocycles. The Labute approximate surface area is 118 Å². The van der Waals surface area contributed by atoms with E-state index >= 15 is 0 Å². The minimum absolute atomic E-state index is 0.320. The van der Waals surface area contributed by atoms with Crippen molar-refractivity contribution in [2.45, 2.75) is 13.3 Å². The van der Waals surface area contributed by atoms with Crippen LogP contribution in [0.15, 0.2) is 29.0 Å². The van der Waals surface area contributed by atoms with E-state index in [9.17, 15) is 4.39 Å². The molecule has 0 unspecified atom stereocenters. The maximum absolute atomic E-state index is 13.2. The zero-order valence-corrected chi connectivity index (χ0v) is 11.9. The van der Waals surface area contributed by atoms with Crippen LogP contribution in [0, 0.1) is 5.82 Å². The monoisotopic (exact) mass is 329 g/mol. The molecule has 0 saturated carbocycles. The van der Waals surface area contributed by atoms with Gasteiger partial charge in [0.1, 0.15) is 23.1 Å². The first kappa shape index (κ1) is 13.2. The molecule has 0 bridgehead atoms. The zero-order valence-electron chi connectivity index (χ0n) is 9.54. The van der Waals surface area contributed by atoms with E-state index in [1.54, 1.807) is 6.07 Å². The molecule has 0 aliphatic heterocycles. The Kier molecular flexibility index (Phi) is 4.14. The highest BCUT2D eigenvalue weighted by molar-refractivity contribution is 9.10. The summed E-state index contributed by atoms with van der Waals surface area (Å²) in [4.78, 5) is 8.05. The molecule has 3 nitrogen and oxygen atoms in total. The smallest absolute Gasteiger partial charge is 0.138 e. The maximum Gasteiger partial charge on any atom is 0.138 e. The molecule has 6 heteroatoms. The summed E-state index contributed by atoms with van der Waals surface area (Å²) in [7, 11) is 0. The van der Waals surface area contributed by atoms with Gasteiger partial charge >= 0.3 is 0 Å². The fourth-order valence-electron chi connectivity index (χ4n) is 1.53. The van der Waals surface area contributed by atoms with Crippen LogP contribution in [0.4, 0.5) is 15.9 Å². The van der Waals surface area contributed by atoms with Gasteiger partial charge in [-0.2, -0.15) is 0 Å². The SMILES string of the molecule is CCc1c(Cl)ncnc1Nc1cc(F)ccc1Br. The van der Waals surface area contributed by atoms with E-state index in [1.165, 1.54) is 18.5 Å². The average Bonchev–Trinajstić information content (AvgIpc) is 2.34. The molecule has 1 N–H and O–H groups in total. The van der Waals surface area contributed by atoms with Crippen LogP contribution in [-0.4, -0.2) is 9.97 Å². The van der Waals surface area contributed by atoms with Crippen molar-refractivity contribution in [3.05, 3.63) is 45.5 Å². The number of rotatable bonds is 3. The summed E-state index contributed by atoms with van der Waals surface area (Å²) in [5, 5.41) is 3.46. The normalized spacial score (nSPS) is 10.4. The van der Waals surface area contributed by atoms with Crippen LogP contribution in [0.25, 0.3) is 0 Å². The lowest BCUT2D eigenvalue weighted by Crippen LogP contribution is -2.01. The van der Waals surface area contributed by atoms with Crippen molar-refractivity contribution in [3.8, 4) is 0 Å². The lowest BCUT2D eigenvalue weighted by Gasteiger charge is -2.11. The van der Waals surface area contributed by atoms with Crippen LogP contribution in [0.2, 0.25) is 5.15 Å². The standard InChI is InChI=1S/C12H10BrClFN3/c1-2-8-11(14)16-6-17-12(8)18-10-5-7(15)3-4-9(10)13/h3-6H,2H2,1H3,(H,16,17,18). The van der Waals surface area contributed by atoms with E-state index in [2.05, 4.69) is 31.2 Å². The molecule has 1 heterocycles. The lowest BCUT2D eigenvalue weighted by atomic mass is 10.2. The first-order valence-electron chi connectivity index (χ1n) is 5.33. The first-order chi connectivity index (χ1) is 8.61. The summed E-state index contributed by atoms with van der Waals surface area (Å²) < 4.78 is 13.9. The maximum atomic E-state index is 13.2. The van der Waals surface area contributed by atoms with Gasteiger partial charge in [0.2, 0.25) is 0 Å². The van der Waals surface area contributed by atoms with Gasteiger partial charge in [-0.15, -0.1) is 0 Å². The highest BCUT2D eigenvalue weighted by Gasteiger charge is 2.10. The Morgan fingerprint density at radius 3 is 2.89 bits per heavy atom. The zero-order chi connectivity index (χ0) is 13.1. The van der Waals surface area contributed by atoms with Crippen molar-refractivity contribution in [2.24, 2.45) is 0 Å². The van der Waals surface area contributed by atoms with Gasteiger partial charge in [-0.05, 0) is 40.5 Å². The topological polar surface area (TPSA) is 37.8 Å². The Balaban J connectivity index is 2.40. The van der Waals surface area contributed by atoms with Gasteiger partial charge in [0, 0.05) is 10.0 Å². The molecular weight excluding hydrogens is 321 g/mol. The van der Waals surface area contributed by atoms with Crippen molar-refractivity contribution in [1.29, 1.82) is 0 Å². The highest BCUT2D eigenvalue weighted by atomic mass is 79.9. The van der Waals surface area contributed by atoms with Crippen molar-refractivity contribution in [2.75, 3.05) is 5.32 Å². The predicted molar refractivity (Wildman–Crippen MR) is 73.8 cm³/mol. The lowest BCUT2D eigenvalue weighted by molar-refractivity contribution is 0.628. The van der Waals surface area contributed by atoms with Gasteiger partial charge in [0.25, 0.3) is 0 Å². The van der Waals surface area contributed by atoms with Gasteiger partial charge in [-0.3, -0.25) is 0 Å². The molecule has 94 valence electrons. The van der Waals surface area contributed by atoms with Crippen LogP contribution in [0.1, 0.15) is 12.5 Å². The number of nitrogens with one attached hydrogen (secondary N) is 1. The summed E-state index contributed by atoms with van der Waals surface area (Å²) in [6.07, 6.45) is 2.06. The third kappa shape index (κ3) is 2.79. The molecule has 0 aliphatic carbocycles. The van der Waals surface area contributed by atoms with E-state index in [0.717, 1.165) is 10.0 Å². The van der Waals surface area contributed by atoms with E-state index in [0.29, 0.717) is 23.1 Å². The molecule has 0 amide bonds. The second kappa shape index (κ2) is 5.63. The van der Waals surface area contributed by atoms with Gasteiger partial charge in [-0.25, -0.2) is 14.4 Å². The molecule has 0 aliphatic rings. The molecule has 2 rings (SSSR count). The van der Waals surface area contributed by atoms with Crippen LogP contribution in [0.5, 0.6) is 0 Å². The number of nitrogens with zero attached hydrogens (tertiary/aromatic N) is 2. The van der Waals surface area contributed by atoms with E-state index < -0.39 is 0 Å². The van der Waals surface area contributed by atoms with Crippen molar-refractivity contribution >= 4 is 39.0 Å². The summed E-state index contributed by atoms with van der Waals surface area (Å²) >= 11 is 9.34. The third-order valence-corrected chi connectivity index (χ3v) is 3.45. The van der Waals surface area contributed by atoms with Gasteiger partial charge < -0.3 is 5.32 Å². The largest absolute Gasteiger partial charge is 0.339 e. The van der Waals surface area contributed by atoms with Gasteiger partial charge in [-0.1, -0.05) is 18.5 Å². The van der Waals surface area contributed by atoms with Crippen LogP contribution >= 0.6 is 27.5 Å². The number of aromatic nitrogens is 2. The van der Waals surface area contributed by atoms with Crippen LogP contribution in [-0.2, 0) is 6.42 Å². The quantitative estimate of drug-likeness (QED) is 0.851. The number of halogens is 3. The first-order valence-corrected chi connectivity index (χ1v) is 6.50. The second-order valence-electron chi connectivity index (χ2n) is 3.59. The Morgan fingerprint density at radius 1 is 1.39 bits per heavy atom. The van der Waals surface area contributed by atoms with Crippen molar-refractivity contribution < 1.29 is 4.39 Å². The van der Waals surface area contributed by atoms with Crippen LogP contribution < -0.4 is 5.32 Å². The number of hydrogen-bond acceptors (Lipinski definition) is 3. The average molecular weight is 331 g/mol. The Bertz CT molecular complexity index is 577. The molecule has 0 radical (unpaired) electrons. The van der Waals surface area contributed by atoms with Crippen LogP contribution in [0.3, 0.4) is 0 Å². The summed E-state index contributed by atoms with van der Waals surface area (Å²) in [6, 6.07) is 4.40. The number of benzene rings is 1. The molecular formula is C12H10BrClFN3. The van der Waals surface area contributed by atoms with E-state index in [1.807, 2.05) is 6.92 Å². The molecule has 0 saturated heterocycles. The molecule has 0 spiro atoms. The molecule has 1 aromatic carbocycles. The van der Waals surface area contributed by atoms with Gasteiger partial charge in [0.05, 0.1) is 5.69 Å². The number of hydrogen-bond donors (Lipinski definition) is 1. The van der Waals surface area contributed by atoms with E-state index in [4.69, 9.17) is 11.6 Å². The summed E-state index contributed by atoms with van der Waals surface area (Å²) in [5.74, 6) is 0.266. The third-order valence-electron chi connectivity index (χ3n) is 2.43. The van der Waals surface area contributed by atoms with Gasteiger partial charge in [0.15, 0.2) is 0 Å². The van der Waals surface area contributed by atoms with Crippen molar-refractivity contribution in [1.82, 2.24) is 9.97 Å². The second-order valence-corrected chi connectivity index (χ2v) is 4.81.